The minimum absolute atomic E-state index is 0. The number of carbonyl (C=O) groups excluding carboxylic acids is 4. The van der Waals surface area contributed by atoms with Crippen molar-refractivity contribution in [3.05, 3.63) is 0 Å². The van der Waals surface area contributed by atoms with Crippen molar-refractivity contribution in [3.63, 3.8) is 0 Å². The summed E-state index contributed by atoms with van der Waals surface area (Å²) in [5.41, 5.74) is 0. The third-order valence-corrected chi connectivity index (χ3v) is 0. The van der Waals surface area contributed by atoms with E-state index < -0.39 is 23.9 Å². The molecule has 12 heteroatoms. The van der Waals surface area contributed by atoms with E-state index in [0.29, 0.717) is 0 Å². The van der Waals surface area contributed by atoms with Gasteiger partial charge in [0.05, 0.1) is 0 Å². The number of hydrogen-bond donors (Lipinski definition) is 0. The Kier molecular flexibility index (Phi) is 110. The Labute approximate surface area is 135 Å². The molecule has 0 bridgehead atoms. The molecule has 124 valence electrons. The summed E-state index contributed by atoms with van der Waals surface area (Å²) in [6, 6.07) is 0. The Morgan fingerprint density at radius 1 is 0.500 bits per heavy atom. The van der Waals surface area contributed by atoms with E-state index in [1.165, 1.54) is 0 Å². The van der Waals surface area contributed by atoms with Gasteiger partial charge in [0.15, 0.2) is 0 Å². The summed E-state index contributed by atoms with van der Waals surface area (Å²) in [7, 11) is 0. The molecule has 0 spiro atoms. The van der Waals surface area contributed by atoms with Crippen LogP contribution in [0.5, 0.6) is 0 Å². The molecular weight excluding hydrogens is 479 g/mol. The molecule has 0 aliphatic heterocycles. The molecule has 0 aromatic rings. The van der Waals surface area contributed by atoms with Crippen molar-refractivity contribution in [2.45, 2.75) is 27.7 Å². The van der Waals surface area contributed by atoms with Gasteiger partial charge in [0.2, 0.25) is 0 Å². The average molecular weight is 497 g/mol. The number of aliphatic carboxylic acids is 4. The van der Waals surface area contributed by atoms with Crippen LogP contribution in [0.15, 0.2) is 0 Å². The van der Waals surface area contributed by atoms with E-state index in [4.69, 9.17) is 39.6 Å². The van der Waals surface area contributed by atoms with Gasteiger partial charge < -0.3 is 56.0 Å². The monoisotopic (exact) mass is 498 g/mol. The van der Waals surface area contributed by atoms with Crippen LogP contribution in [-0.2, 0) is 19.2 Å². The van der Waals surface area contributed by atoms with E-state index in [2.05, 4.69) is 0 Å². The Bertz CT molecular complexity index is 164. The summed E-state index contributed by atoms with van der Waals surface area (Å²) in [5.74, 6) is -4.33. The largest absolute Gasteiger partial charge is 0.550 e. The van der Waals surface area contributed by atoms with E-state index in [1.807, 2.05) is 0 Å². The maximum Gasteiger partial charge on any atom is 0.0383 e. The van der Waals surface area contributed by atoms with Crippen molar-refractivity contribution in [2.24, 2.45) is 0 Å². The Balaban J connectivity index is -0.0000000150. The van der Waals surface area contributed by atoms with Gasteiger partial charge in [-0.05, 0) is 27.7 Å². The molecule has 0 rings (SSSR count). The fourth-order valence-corrected chi connectivity index (χ4v) is 0. The first-order chi connectivity index (χ1) is 6.93. The van der Waals surface area contributed by atoms with Gasteiger partial charge in [0, 0.05) is 51.2 Å². The van der Waals surface area contributed by atoms with Crippen LogP contribution in [0.1, 0.15) is 27.7 Å². The molecule has 0 aromatic carbocycles. The van der Waals surface area contributed by atoms with E-state index >= 15 is 0 Å². The summed E-state index contributed by atoms with van der Waals surface area (Å²) in [5, 5.41) is 35.6. The summed E-state index contributed by atoms with van der Waals surface area (Å²) in [6.07, 6.45) is 0. The molecule has 20 heavy (non-hydrogen) atoms. The fraction of sp³-hybridized carbons (Fsp3) is 0.500. The Morgan fingerprint density at radius 3 is 0.500 bits per heavy atom. The summed E-state index contributed by atoms with van der Waals surface area (Å²) < 4.78 is 0. The van der Waals surface area contributed by atoms with E-state index in [0.717, 1.165) is 27.7 Å². The molecule has 0 saturated heterocycles. The van der Waals surface area contributed by atoms with Gasteiger partial charge in [0.25, 0.3) is 0 Å². The standard InChI is InChI=1S/4C2H4O2.3H2O.Pb/c4*1-2(3)4;;;;/h4*1H3,(H,3,4);3*1H2;/p-4. The van der Waals surface area contributed by atoms with Gasteiger partial charge >= 0.3 is 0 Å². The third kappa shape index (κ3) is 2360. The number of carboxylic acid groups (broad SMARTS) is 4. The second-order valence-corrected chi connectivity index (χ2v) is 1.97. The van der Waals surface area contributed by atoms with Crippen LogP contribution >= 0.6 is 0 Å². The average Bonchev–Trinajstić information content (AvgIpc) is 1.76. The van der Waals surface area contributed by atoms with Crippen molar-refractivity contribution >= 4 is 51.2 Å². The number of hydrogen-bond acceptors (Lipinski definition) is 8. The van der Waals surface area contributed by atoms with E-state index in [9.17, 15) is 0 Å². The van der Waals surface area contributed by atoms with Crippen LogP contribution in [-0.4, -0.2) is 67.6 Å². The first kappa shape index (κ1) is 51.2. The molecule has 0 atom stereocenters. The number of rotatable bonds is 0. The summed E-state index contributed by atoms with van der Waals surface area (Å²) in [6.45, 7) is 3.89. The van der Waals surface area contributed by atoms with Gasteiger partial charge in [0.1, 0.15) is 0 Å². The van der Waals surface area contributed by atoms with Gasteiger partial charge in [-0.15, -0.1) is 0 Å². The minimum atomic E-state index is -1.08. The molecular formula is C8H18O11Pb-4. The smallest absolute Gasteiger partial charge is 0.0383 e. The topological polar surface area (TPSA) is 255 Å². The minimum Gasteiger partial charge on any atom is -0.550 e. The first-order valence-electron chi connectivity index (χ1n) is 3.63. The molecule has 0 amide bonds. The normalized spacial score (nSPS) is 5.00. The predicted octanol–water partition coefficient (Wildman–Crippen LogP) is -7.83. The first-order valence-corrected chi connectivity index (χ1v) is 3.63. The zero-order valence-electron chi connectivity index (χ0n) is 11.3. The second kappa shape index (κ2) is 43.1. The molecule has 0 saturated carbocycles. The van der Waals surface area contributed by atoms with Crippen LogP contribution in [0, 0.1) is 0 Å². The van der Waals surface area contributed by atoms with E-state index in [1.54, 1.807) is 0 Å². The van der Waals surface area contributed by atoms with Gasteiger partial charge in [-0.3, -0.25) is 0 Å². The molecule has 11 nitrogen and oxygen atoms in total. The van der Waals surface area contributed by atoms with Gasteiger partial charge in [-0.1, -0.05) is 0 Å². The molecule has 0 unspecified atom stereocenters. The third-order valence-electron chi connectivity index (χ3n) is 0. The molecule has 0 heterocycles. The summed E-state index contributed by atoms with van der Waals surface area (Å²) >= 11 is 0. The van der Waals surface area contributed by atoms with Crippen molar-refractivity contribution in [2.75, 3.05) is 0 Å². The zero-order chi connectivity index (χ0) is 14.3. The zero-order valence-corrected chi connectivity index (χ0v) is 15.2. The molecule has 0 fully saturated rings. The molecule has 0 aliphatic carbocycles. The van der Waals surface area contributed by atoms with Crippen LogP contribution in [0.3, 0.4) is 0 Å². The number of carbonyl (C=O) groups is 4. The number of carboxylic acids is 4. The Hall–Kier alpha value is -1.32. The second-order valence-electron chi connectivity index (χ2n) is 1.97. The van der Waals surface area contributed by atoms with Crippen molar-refractivity contribution in [3.8, 4) is 0 Å². The molecule has 4 radical (unpaired) electrons. The van der Waals surface area contributed by atoms with Crippen molar-refractivity contribution in [1.82, 2.24) is 0 Å². The van der Waals surface area contributed by atoms with Gasteiger partial charge in [-0.2, -0.15) is 0 Å². The van der Waals surface area contributed by atoms with E-state index in [-0.39, 0.29) is 43.7 Å². The maximum atomic E-state index is 8.89. The van der Waals surface area contributed by atoms with Crippen LogP contribution in [0.4, 0.5) is 0 Å². The predicted molar refractivity (Wildman–Crippen MR) is 59.3 cm³/mol. The maximum absolute atomic E-state index is 8.89. The van der Waals surface area contributed by atoms with Gasteiger partial charge in [-0.25, -0.2) is 0 Å². The van der Waals surface area contributed by atoms with Crippen LogP contribution in [0.25, 0.3) is 0 Å². The van der Waals surface area contributed by atoms with Crippen LogP contribution in [0.2, 0.25) is 0 Å². The Morgan fingerprint density at radius 2 is 0.500 bits per heavy atom. The van der Waals surface area contributed by atoms with Crippen LogP contribution < -0.4 is 20.4 Å². The molecule has 6 N–H and O–H groups in total. The summed E-state index contributed by atoms with van der Waals surface area (Å²) in [4.78, 5) is 35.6. The quantitative estimate of drug-likeness (QED) is 0.290. The SMILES string of the molecule is CC(=O)[O-].CC(=O)[O-].CC(=O)[O-].CC(=O)[O-].O.O.O.[Pb]. The van der Waals surface area contributed by atoms with Crippen molar-refractivity contribution < 1.29 is 56.0 Å². The fourth-order valence-electron chi connectivity index (χ4n) is 0. The molecule has 0 aromatic heterocycles. The van der Waals surface area contributed by atoms with Crippen molar-refractivity contribution in [1.29, 1.82) is 0 Å². The molecule has 0 aliphatic rings.